The average molecular weight is 343 g/mol. The minimum Gasteiger partial charge on any atom is -0.354 e. The monoisotopic (exact) mass is 343 g/mol. The van der Waals surface area contributed by atoms with Crippen LogP contribution in [0.15, 0.2) is 35.7 Å². The molecule has 0 aliphatic rings. The average Bonchev–Trinajstić information content (AvgIpc) is 2.97. The fourth-order valence-electron chi connectivity index (χ4n) is 1.94. The van der Waals surface area contributed by atoms with E-state index in [1.54, 1.807) is 0 Å². The van der Waals surface area contributed by atoms with Gasteiger partial charge in [0.15, 0.2) is 5.69 Å². The molecule has 2 rings (SSSR count). The zero-order valence-electron chi connectivity index (χ0n) is 12.1. The van der Waals surface area contributed by atoms with E-state index in [1.807, 2.05) is 30.3 Å². The lowest BCUT2D eigenvalue weighted by atomic mass is 10.1. The second-order valence-electron chi connectivity index (χ2n) is 4.96. The van der Waals surface area contributed by atoms with Gasteiger partial charge in [-0.2, -0.15) is 13.2 Å². The van der Waals surface area contributed by atoms with Crippen molar-refractivity contribution in [1.29, 1.82) is 0 Å². The van der Waals surface area contributed by atoms with Gasteiger partial charge >= 0.3 is 6.18 Å². The van der Waals surface area contributed by atoms with E-state index in [9.17, 15) is 18.0 Å². The molecule has 0 radical (unpaired) electrons. The summed E-state index contributed by atoms with van der Waals surface area (Å²) in [6.07, 6.45) is -3.79. The Morgan fingerprint density at radius 2 is 2.00 bits per heavy atom. The Hall–Kier alpha value is -1.93. The van der Waals surface area contributed by atoms with Gasteiger partial charge in [-0.1, -0.05) is 30.3 Å². The molecule has 0 fully saturated rings. The van der Waals surface area contributed by atoms with Gasteiger partial charge in [0, 0.05) is 18.3 Å². The van der Waals surface area contributed by atoms with E-state index in [0.717, 1.165) is 22.3 Å². The highest BCUT2D eigenvalue weighted by Gasteiger charge is 2.33. The van der Waals surface area contributed by atoms with Crippen LogP contribution in [0.4, 0.5) is 13.2 Å². The maximum atomic E-state index is 12.4. The van der Waals surface area contributed by atoms with E-state index in [-0.39, 0.29) is 18.9 Å². The van der Waals surface area contributed by atoms with Crippen LogP contribution in [-0.2, 0) is 23.8 Å². The number of hydrogen-bond donors (Lipinski definition) is 2. The summed E-state index contributed by atoms with van der Waals surface area (Å²) in [5.41, 5.74) is 5.87. The molecule has 0 saturated carbocycles. The van der Waals surface area contributed by atoms with Gasteiger partial charge in [-0.25, -0.2) is 4.98 Å². The molecule has 4 nitrogen and oxygen atoms in total. The van der Waals surface area contributed by atoms with Crippen molar-refractivity contribution < 1.29 is 18.0 Å². The van der Waals surface area contributed by atoms with E-state index in [4.69, 9.17) is 5.73 Å². The molecule has 1 atom stereocenters. The summed E-state index contributed by atoms with van der Waals surface area (Å²) in [6, 6.07) is 8.65. The van der Waals surface area contributed by atoms with Gasteiger partial charge in [0.2, 0.25) is 5.91 Å². The summed E-state index contributed by atoms with van der Waals surface area (Å²) in [6.45, 7) is 0.201. The third-order valence-corrected chi connectivity index (χ3v) is 4.02. The normalized spacial score (nSPS) is 12.9. The fraction of sp³-hybridized carbons (Fsp3) is 0.333. The second-order valence-corrected chi connectivity index (χ2v) is 5.90. The Balaban J connectivity index is 1.77. The molecule has 1 amide bonds. The Labute approximate surface area is 135 Å². The van der Waals surface area contributed by atoms with Crippen molar-refractivity contribution in [3.63, 3.8) is 0 Å². The number of carbonyl (C=O) groups excluding carboxylic acids is 1. The number of benzene rings is 1. The van der Waals surface area contributed by atoms with E-state index >= 15 is 0 Å². The SMILES string of the molecule is N[C@@H](Cc1ccccc1)C(=O)NCCc1nc(C(F)(F)F)cs1. The number of nitrogens with zero attached hydrogens (tertiary/aromatic N) is 1. The standard InChI is InChI=1S/C15H16F3N3OS/c16-15(17,18)12-9-23-13(21-12)6-7-20-14(22)11(19)8-10-4-2-1-3-5-10/h1-5,9,11H,6-8,19H2,(H,20,22)/t11-/m0/s1. The number of alkyl halides is 3. The summed E-state index contributed by atoms with van der Waals surface area (Å²) >= 11 is 0.925. The van der Waals surface area contributed by atoms with Crippen LogP contribution < -0.4 is 11.1 Å². The molecule has 0 saturated heterocycles. The summed E-state index contributed by atoms with van der Waals surface area (Å²) in [5, 5.41) is 3.92. The lowest BCUT2D eigenvalue weighted by Gasteiger charge is -2.11. The van der Waals surface area contributed by atoms with E-state index in [2.05, 4.69) is 10.3 Å². The molecule has 124 valence electrons. The maximum absolute atomic E-state index is 12.4. The number of amides is 1. The van der Waals surface area contributed by atoms with Gasteiger partial charge in [0.25, 0.3) is 0 Å². The topological polar surface area (TPSA) is 68.0 Å². The van der Waals surface area contributed by atoms with Crippen molar-refractivity contribution in [3.8, 4) is 0 Å². The molecule has 23 heavy (non-hydrogen) atoms. The van der Waals surface area contributed by atoms with Gasteiger partial charge in [0.05, 0.1) is 11.0 Å². The number of nitrogens with two attached hydrogens (primary N) is 1. The number of nitrogens with one attached hydrogen (secondary N) is 1. The first-order valence-electron chi connectivity index (χ1n) is 6.95. The van der Waals surface area contributed by atoms with Crippen LogP contribution in [0.5, 0.6) is 0 Å². The molecule has 0 aliphatic carbocycles. The highest BCUT2D eigenvalue weighted by Crippen LogP contribution is 2.29. The molecule has 2 aromatic rings. The molecular weight excluding hydrogens is 327 g/mol. The molecule has 3 N–H and O–H groups in total. The van der Waals surface area contributed by atoms with Crippen molar-refractivity contribution in [2.45, 2.75) is 25.1 Å². The highest BCUT2D eigenvalue weighted by molar-refractivity contribution is 7.09. The van der Waals surface area contributed by atoms with Gasteiger partial charge in [0.1, 0.15) is 0 Å². The number of aromatic nitrogens is 1. The van der Waals surface area contributed by atoms with Crippen LogP contribution in [0.3, 0.4) is 0 Å². The number of thiazole rings is 1. The molecule has 0 bridgehead atoms. The third kappa shape index (κ3) is 5.33. The van der Waals surface area contributed by atoms with Gasteiger partial charge in [-0.15, -0.1) is 11.3 Å². The molecule has 1 aromatic heterocycles. The Morgan fingerprint density at radius 3 is 2.61 bits per heavy atom. The van der Waals surface area contributed by atoms with Crippen molar-refractivity contribution in [2.75, 3.05) is 6.54 Å². The van der Waals surface area contributed by atoms with Crippen LogP contribution >= 0.6 is 11.3 Å². The second kappa shape index (κ2) is 7.56. The van der Waals surface area contributed by atoms with Crippen LogP contribution in [0.1, 0.15) is 16.3 Å². The van der Waals surface area contributed by atoms with Gasteiger partial charge in [-0.3, -0.25) is 4.79 Å². The van der Waals surface area contributed by atoms with Crippen molar-refractivity contribution in [1.82, 2.24) is 10.3 Å². The molecule has 1 heterocycles. The van der Waals surface area contributed by atoms with Crippen LogP contribution in [-0.4, -0.2) is 23.5 Å². The maximum Gasteiger partial charge on any atom is 0.434 e. The van der Waals surface area contributed by atoms with Crippen LogP contribution in [0.25, 0.3) is 0 Å². The van der Waals surface area contributed by atoms with Gasteiger partial charge < -0.3 is 11.1 Å². The Kier molecular flexibility index (Phi) is 5.73. The lowest BCUT2D eigenvalue weighted by molar-refractivity contribution is -0.140. The minimum absolute atomic E-state index is 0.201. The van der Waals surface area contributed by atoms with E-state index in [0.29, 0.717) is 11.4 Å². The lowest BCUT2D eigenvalue weighted by Crippen LogP contribution is -2.42. The number of carbonyl (C=O) groups is 1. The first-order chi connectivity index (χ1) is 10.9. The predicted molar refractivity (Wildman–Crippen MR) is 82.0 cm³/mol. The van der Waals surface area contributed by atoms with Gasteiger partial charge in [-0.05, 0) is 12.0 Å². The Bertz CT molecular complexity index is 643. The number of rotatable bonds is 6. The number of hydrogen-bond acceptors (Lipinski definition) is 4. The Morgan fingerprint density at radius 1 is 1.30 bits per heavy atom. The quantitative estimate of drug-likeness (QED) is 0.846. The molecule has 1 aromatic carbocycles. The molecule has 0 aliphatic heterocycles. The first-order valence-corrected chi connectivity index (χ1v) is 7.83. The summed E-state index contributed by atoms with van der Waals surface area (Å²) in [4.78, 5) is 15.4. The molecule has 8 heteroatoms. The molecular formula is C15H16F3N3OS. The first kappa shape index (κ1) is 17.4. The van der Waals surface area contributed by atoms with Crippen molar-refractivity contribution in [3.05, 3.63) is 52.0 Å². The smallest absolute Gasteiger partial charge is 0.354 e. The predicted octanol–water partition coefficient (Wildman–Crippen LogP) is 2.39. The van der Waals surface area contributed by atoms with Crippen LogP contribution in [0.2, 0.25) is 0 Å². The summed E-state index contributed by atoms with van der Waals surface area (Å²) < 4.78 is 37.3. The highest BCUT2D eigenvalue weighted by atomic mass is 32.1. The van der Waals surface area contributed by atoms with E-state index in [1.165, 1.54) is 0 Å². The van der Waals surface area contributed by atoms with Crippen LogP contribution in [0, 0.1) is 0 Å². The summed E-state index contributed by atoms with van der Waals surface area (Å²) in [7, 11) is 0. The van der Waals surface area contributed by atoms with E-state index < -0.39 is 17.9 Å². The largest absolute Gasteiger partial charge is 0.434 e. The minimum atomic E-state index is -4.43. The number of halogens is 3. The summed E-state index contributed by atoms with van der Waals surface area (Å²) in [5.74, 6) is -0.332. The molecule has 0 spiro atoms. The zero-order chi connectivity index (χ0) is 16.9. The van der Waals surface area contributed by atoms with Crippen molar-refractivity contribution in [2.24, 2.45) is 5.73 Å². The van der Waals surface area contributed by atoms with Crippen molar-refractivity contribution >= 4 is 17.2 Å². The third-order valence-electron chi connectivity index (χ3n) is 3.12. The zero-order valence-corrected chi connectivity index (χ0v) is 13.0. The molecule has 0 unspecified atom stereocenters. The fourth-order valence-corrected chi connectivity index (χ4v) is 2.75.